The third-order valence-corrected chi connectivity index (χ3v) is 2.77. The van der Waals surface area contributed by atoms with Crippen LogP contribution in [0.2, 0.25) is 0 Å². The van der Waals surface area contributed by atoms with E-state index in [1.807, 2.05) is 0 Å². The zero-order valence-corrected chi connectivity index (χ0v) is 8.71. The van der Waals surface area contributed by atoms with Gasteiger partial charge in [0.1, 0.15) is 0 Å². The first-order valence-electron chi connectivity index (χ1n) is 5.55. The van der Waals surface area contributed by atoms with Gasteiger partial charge in [-0.2, -0.15) is 0 Å². The fourth-order valence-corrected chi connectivity index (χ4v) is 1.83. The highest BCUT2D eigenvalue weighted by molar-refractivity contribution is 4.72. The average Bonchev–Trinajstić information content (AvgIpc) is 2.92. The highest BCUT2D eigenvalue weighted by Crippen LogP contribution is 2.02. The Balaban J connectivity index is 0.000000140. The van der Waals surface area contributed by atoms with Gasteiger partial charge in [-0.25, -0.2) is 0 Å². The van der Waals surface area contributed by atoms with E-state index in [2.05, 4.69) is 10.6 Å². The Bertz CT molecular complexity index is 116. The van der Waals surface area contributed by atoms with E-state index < -0.39 is 0 Å². The summed E-state index contributed by atoms with van der Waals surface area (Å²) >= 11 is 0. The van der Waals surface area contributed by atoms with Crippen molar-refractivity contribution < 1.29 is 10.2 Å². The number of aliphatic hydroxyl groups excluding tert-OH is 2. The zero-order chi connectivity index (χ0) is 10.2. The molecule has 0 aromatic carbocycles. The molecule has 0 amide bonds. The molecule has 0 saturated carbocycles. The van der Waals surface area contributed by atoms with Crippen LogP contribution in [0.4, 0.5) is 0 Å². The molecule has 2 aliphatic rings. The van der Waals surface area contributed by atoms with Gasteiger partial charge >= 0.3 is 0 Å². The monoisotopic (exact) mass is 202 g/mol. The van der Waals surface area contributed by atoms with Crippen molar-refractivity contribution in [3.63, 3.8) is 0 Å². The highest BCUT2D eigenvalue weighted by atomic mass is 16.3. The third kappa shape index (κ3) is 4.37. The molecule has 4 nitrogen and oxygen atoms in total. The number of hydrogen-bond donors (Lipinski definition) is 4. The van der Waals surface area contributed by atoms with Gasteiger partial charge in [-0.05, 0) is 38.8 Å². The Kier molecular flexibility index (Phi) is 6.10. The van der Waals surface area contributed by atoms with Crippen molar-refractivity contribution in [1.82, 2.24) is 10.6 Å². The van der Waals surface area contributed by atoms with Gasteiger partial charge in [-0.3, -0.25) is 0 Å². The van der Waals surface area contributed by atoms with Crippen molar-refractivity contribution in [2.75, 3.05) is 26.3 Å². The molecule has 4 heteroatoms. The predicted octanol–water partition coefficient (Wildman–Crippen LogP) is -0.539. The Morgan fingerprint density at radius 1 is 0.857 bits per heavy atom. The summed E-state index contributed by atoms with van der Waals surface area (Å²) in [6, 6.07) is 0.806. The molecule has 0 aliphatic carbocycles. The van der Waals surface area contributed by atoms with Gasteiger partial charge in [0.15, 0.2) is 0 Å². The van der Waals surface area contributed by atoms with E-state index >= 15 is 0 Å². The van der Waals surface area contributed by atoms with Crippen LogP contribution in [0.15, 0.2) is 0 Å². The first-order chi connectivity index (χ1) is 6.86. The Labute approximate surface area is 85.7 Å². The SMILES string of the molecule is OC[C@H]1CCCN1.OC[C@H]1CCCN1. The fourth-order valence-electron chi connectivity index (χ4n) is 1.83. The lowest BCUT2D eigenvalue weighted by molar-refractivity contribution is 0.255. The summed E-state index contributed by atoms with van der Waals surface area (Å²) in [5, 5.41) is 23.3. The Morgan fingerprint density at radius 2 is 1.29 bits per heavy atom. The van der Waals surface area contributed by atoms with Crippen LogP contribution in [-0.2, 0) is 0 Å². The maximum atomic E-state index is 8.50. The van der Waals surface area contributed by atoms with E-state index in [9.17, 15) is 0 Å². The topological polar surface area (TPSA) is 64.5 Å². The van der Waals surface area contributed by atoms with Crippen molar-refractivity contribution in [3.8, 4) is 0 Å². The summed E-state index contributed by atoms with van der Waals surface area (Å²) in [4.78, 5) is 0. The standard InChI is InChI=1S/2C5H11NO/c2*7-4-5-2-1-3-6-5/h2*5-7H,1-4H2/t2*5-/m11/s1. The number of nitrogens with one attached hydrogen (secondary N) is 2. The van der Waals surface area contributed by atoms with Crippen molar-refractivity contribution in [2.45, 2.75) is 37.8 Å². The molecule has 2 saturated heterocycles. The quantitative estimate of drug-likeness (QED) is 0.486. The molecule has 84 valence electrons. The van der Waals surface area contributed by atoms with Crippen LogP contribution in [-0.4, -0.2) is 48.6 Å². The minimum absolute atomic E-state index is 0.306. The van der Waals surface area contributed by atoms with Gasteiger partial charge < -0.3 is 20.8 Å². The van der Waals surface area contributed by atoms with Crippen molar-refractivity contribution in [3.05, 3.63) is 0 Å². The average molecular weight is 202 g/mol. The van der Waals surface area contributed by atoms with Crippen LogP contribution in [0, 0.1) is 0 Å². The summed E-state index contributed by atoms with van der Waals surface area (Å²) in [7, 11) is 0. The number of aliphatic hydroxyl groups is 2. The van der Waals surface area contributed by atoms with E-state index in [-0.39, 0.29) is 0 Å². The van der Waals surface area contributed by atoms with E-state index in [1.165, 1.54) is 12.8 Å². The molecule has 2 heterocycles. The first kappa shape index (κ1) is 11.9. The molecule has 0 unspecified atom stereocenters. The molecule has 14 heavy (non-hydrogen) atoms. The Hall–Kier alpha value is -0.160. The minimum Gasteiger partial charge on any atom is -0.395 e. The first-order valence-corrected chi connectivity index (χ1v) is 5.55. The molecule has 0 bridgehead atoms. The van der Waals surface area contributed by atoms with Gasteiger partial charge in [-0.15, -0.1) is 0 Å². The van der Waals surface area contributed by atoms with Crippen molar-refractivity contribution in [2.24, 2.45) is 0 Å². The second-order valence-electron chi connectivity index (χ2n) is 3.95. The normalized spacial score (nSPS) is 31.3. The van der Waals surface area contributed by atoms with E-state index in [4.69, 9.17) is 10.2 Å². The molecule has 2 fully saturated rings. The molecule has 0 spiro atoms. The molecule has 4 N–H and O–H groups in total. The van der Waals surface area contributed by atoms with E-state index in [1.54, 1.807) is 0 Å². The van der Waals surface area contributed by atoms with E-state index in [0.29, 0.717) is 25.3 Å². The number of rotatable bonds is 2. The van der Waals surface area contributed by atoms with Crippen LogP contribution < -0.4 is 10.6 Å². The van der Waals surface area contributed by atoms with Crippen LogP contribution >= 0.6 is 0 Å². The van der Waals surface area contributed by atoms with E-state index in [0.717, 1.165) is 25.9 Å². The largest absolute Gasteiger partial charge is 0.395 e. The molecule has 2 atom stereocenters. The summed E-state index contributed by atoms with van der Waals surface area (Å²) in [5.41, 5.74) is 0. The van der Waals surface area contributed by atoms with Gasteiger partial charge in [0.05, 0.1) is 13.2 Å². The third-order valence-electron chi connectivity index (χ3n) is 2.77. The maximum Gasteiger partial charge on any atom is 0.0584 e. The summed E-state index contributed by atoms with van der Waals surface area (Å²) in [6.07, 6.45) is 4.75. The highest BCUT2D eigenvalue weighted by Gasteiger charge is 2.11. The summed E-state index contributed by atoms with van der Waals surface area (Å²) < 4.78 is 0. The van der Waals surface area contributed by atoms with Crippen molar-refractivity contribution >= 4 is 0 Å². The molecular formula is C10H22N2O2. The van der Waals surface area contributed by atoms with Gasteiger partial charge in [-0.1, -0.05) is 0 Å². The summed E-state index contributed by atoms with van der Waals surface area (Å²) in [6.45, 7) is 2.79. The molecule has 0 aromatic rings. The molecule has 2 rings (SSSR count). The van der Waals surface area contributed by atoms with Gasteiger partial charge in [0, 0.05) is 12.1 Å². The smallest absolute Gasteiger partial charge is 0.0584 e. The lowest BCUT2D eigenvalue weighted by Gasteiger charge is -2.01. The molecule has 2 aliphatic heterocycles. The molecule has 0 aromatic heterocycles. The second-order valence-corrected chi connectivity index (χ2v) is 3.95. The molecular weight excluding hydrogens is 180 g/mol. The predicted molar refractivity (Wildman–Crippen MR) is 56.2 cm³/mol. The number of hydrogen-bond acceptors (Lipinski definition) is 4. The second kappa shape index (κ2) is 7.17. The van der Waals surface area contributed by atoms with Gasteiger partial charge in [0.2, 0.25) is 0 Å². The van der Waals surface area contributed by atoms with Crippen LogP contribution in [0.3, 0.4) is 0 Å². The lowest BCUT2D eigenvalue weighted by Crippen LogP contribution is -2.24. The fraction of sp³-hybridized carbons (Fsp3) is 1.00. The lowest BCUT2D eigenvalue weighted by atomic mass is 10.2. The zero-order valence-electron chi connectivity index (χ0n) is 8.71. The van der Waals surface area contributed by atoms with Crippen LogP contribution in [0.5, 0.6) is 0 Å². The van der Waals surface area contributed by atoms with Crippen LogP contribution in [0.25, 0.3) is 0 Å². The van der Waals surface area contributed by atoms with Crippen molar-refractivity contribution in [1.29, 1.82) is 0 Å². The van der Waals surface area contributed by atoms with Gasteiger partial charge in [0.25, 0.3) is 0 Å². The molecule has 0 radical (unpaired) electrons. The Morgan fingerprint density at radius 3 is 1.43 bits per heavy atom. The van der Waals surface area contributed by atoms with Crippen LogP contribution in [0.1, 0.15) is 25.7 Å². The maximum absolute atomic E-state index is 8.50. The summed E-state index contributed by atoms with van der Waals surface area (Å²) in [5.74, 6) is 0. The minimum atomic E-state index is 0.306.